The predicted molar refractivity (Wildman–Crippen MR) is 85.2 cm³/mol. The Morgan fingerprint density at radius 3 is 2.29 bits per heavy atom. The Morgan fingerprint density at radius 2 is 1.81 bits per heavy atom. The van der Waals surface area contributed by atoms with E-state index in [0.717, 1.165) is 24.6 Å². The lowest BCUT2D eigenvalue weighted by atomic mass is 9.97. The van der Waals surface area contributed by atoms with E-state index in [0.29, 0.717) is 25.3 Å². The number of nitrogens with one attached hydrogen (secondary N) is 1. The first-order valence-corrected chi connectivity index (χ1v) is 8.18. The van der Waals surface area contributed by atoms with E-state index >= 15 is 0 Å². The summed E-state index contributed by atoms with van der Waals surface area (Å²) in [7, 11) is 0. The van der Waals surface area contributed by atoms with Gasteiger partial charge in [-0.3, -0.25) is 14.4 Å². The topological polar surface area (TPSA) is 83.5 Å². The Labute approximate surface area is 131 Å². The molecule has 0 rings (SSSR count). The van der Waals surface area contributed by atoms with Crippen molar-refractivity contribution in [3.63, 3.8) is 0 Å². The molecule has 0 saturated heterocycles. The maximum atomic E-state index is 12.3. The van der Waals surface area contributed by atoms with Crippen molar-refractivity contribution in [2.24, 2.45) is 5.92 Å². The first-order chi connectivity index (χ1) is 9.67. The zero-order chi connectivity index (χ0) is 16.5. The number of carbonyl (C=O) groups is 3. The minimum absolute atomic E-state index is 0.0604. The number of amides is 1. The Balaban J connectivity index is 4.23. The number of thioether (sulfide) groups is 1. The smallest absolute Gasteiger partial charge is 0.303 e. The summed E-state index contributed by atoms with van der Waals surface area (Å²) in [5.74, 6) is -0.584. The maximum absolute atomic E-state index is 12.3. The Morgan fingerprint density at radius 1 is 1.19 bits per heavy atom. The van der Waals surface area contributed by atoms with Gasteiger partial charge in [-0.15, -0.1) is 0 Å². The molecule has 0 fully saturated rings. The molecule has 0 aliphatic carbocycles. The van der Waals surface area contributed by atoms with E-state index in [2.05, 4.69) is 5.32 Å². The summed E-state index contributed by atoms with van der Waals surface area (Å²) in [5, 5.41) is 11.3. The van der Waals surface area contributed by atoms with E-state index in [1.807, 2.05) is 13.8 Å². The lowest BCUT2D eigenvalue weighted by Crippen LogP contribution is -2.44. The van der Waals surface area contributed by atoms with Crippen molar-refractivity contribution in [3.05, 3.63) is 0 Å². The molecular formula is C15H27NO4S. The van der Waals surface area contributed by atoms with Crippen molar-refractivity contribution in [2.45, 2.75) is 64.5 Å². The molecule has 0 aromatic rings. The van der Waals surface area contributed by atoms with Crippen LogP contribution in [0.25, 0.3) is 0 Å². The molecule has 0 aromatic heterocycles. The fourth-order valence-corrected chi connectivity index (χ4v) is 3.46. The molecule has 21 heavy (non-hydrogen) atoms. The first kappa shape index (κ1) is 20.0. The number of carbonyl (C=O) groups excluding carboxylic acids is 2. The molecule has 1 amide bonds. The highest BCUT2D eigenvalue weighted by Gasteiger charge is 2.35. The second-order valence-electron chi connectivity index (χ2n) is 5.88. The number of rotatable bonds is 10. The summed E-state index contributed by atoms with van der Waals surface area (Å²) in [6.45, 7) is 7.85. The minimum Gasteiger partial charge on any atom is -0.481 e. The van der Waals surface area contributed by atoms with E-state index in [4.69, 9.17) is 5.11 Å². The van der Waals surface area contributed by atoms with Gasteiger partial charge in [0.2, 0.25) is 5.91 Å². The van der Waals surface area contributed by atoms with Gasteiger partial charge in [-0.05, 0) is 32.1 Å². The fraction of sp³-hybridized carbons (Fsp3) is 0.800. The average molecular weight is 317 g/mol. The lowest BCUT2D eigenvalue weighted by molar-refractivity contribution is -0.137. The summed E-state index contributed by atoms with van der Waals surface area (Å²) < 4.78 is -0.735. The third-order valence-electron chi connectivity index (χ3n) is 3.00. The quantitative estimate of drug-likeness (QED) is 0.605. The number of unbranched alkanes of at least 4 members (excludes halogenated alkanes) is 2. The molecule has 1 atom stereocenters. The van der Waals surface area contributed by atoms with Crippen LogP contribution in [0.5, 0.6) is 0 Å². The maximum Gasteiger partial charge on any atom is 0.303 e. The van der Waals surface area contributed by atoms with Crippen LogP contribution in [0.2, 0.25) is 0 Å². The summed E-state index contributed by atoms with van der Waals surface area (Å²) in [6, 6.07) is 0. The molecule has 122 valence electrons. The van der Waals surface area contributed by atoms with Crippen LogP contribution >= 0.6 is 11.8 Å². The zero-order valence-electron chi connectivity index (χ0n) is 13.4. The average Bonchev–Trinajstić information content (AvgIpc) is 2.30. The van der Waals surface area contributed by atoms with Crippen LogP contribution < -0.4 is 5.32 Å². The molecule has 0 heterocycles. The van der Waals surface area contributed by atoms with Crippen LogP contribution in [0.15, 0.2) is 0 Å². The van der Waals surface area contributed by atoms with Gasteiger partial charge in [-0.2, -0.15) is 0 Å². The van der Waals surface area contributed by atoms with E-state index < -0.39 is 10.7 Å². The molecule has 0 radical (unpaired) electrons. The number of hydrogen-bond donors (Lipinski definition) is 2. The van der Waals surface area contributed by atoms with Gasteiger partial charge < -0.3 is 10.4 Å². The Hall–Kier alpha value is -1.04. The van der Waals surface area contributed by atoms with Gasteiger partial charge in [0, 0.05) is 19.9 Å². The number of hydrogen-bond acceptors (Lipinski definition) is 4. The van der Waals surface area contributed by atoms with Gasteiger partial charge in [0.25, 0.3) is 0 Å². The third-order valence-corrected chi connectivity index (χ3v) is 4.09. The summed E-state index contributed by atoms with van der Waals surface area (Å²) in [6.07, 6.45) is 2.95. The van der Waals surface area contributed by atoms with E-state index in [9.17, 15) is 14.4 Å². The molecule has 0 aromatic carbocycles. The molecule has 0 bridgehead atoms. The molecule has 0 saturated carbocycles. The molecule has 0 aliphatic rings. The van der Waals surface area contributed by atoms with Crippen molar-refractivity contribution in [2.75, 3.05) is 6.54 Å². The minimum atomic E-state index is -0.790. The van der Waals surface area contributed by atoms with Crippen LogP contribution in [0, 0.1) is 5.92 Å². The molecule has 0 spiro atoms. The van der Waals surface area contributed by atoms with E-state index in [1.165, 1.54) is 6.92 Å². The highest BCUT2D eigenvalue weighted by Crippen LogP contribution is 2.32. The van der Waals surface area contributed by atoms with E-state index in [-0.39, 0.29) is 17.4 Å². The summed E-state index contributed by atoms with van der Waals surface area (Å²) in [5.41, 5.74) is 0. The summed E-state index contributed by atoms with van der Waals surface area (Å²) >= 11 is 1.08. The van der Waals surface area contributed by atoms with Gasteiger partial charge in [0.15, 0.2) is 5.12 Å². The highest BCUT2D eigenvalue weighted by molar-refractivity contribution is 8.15. The van der Waals surface area contributed by atoms with Crippen molar-refractivity contribution < 1.29 is 19.5 Å². The fourth-order valence-electron chi connectivity index (χ4n) is 2.24. The second kappa shape index (κ2) is 9.82. The SMILES string of the molecule is CC(=O)SC(C)(CC(C)C)C(=O)NCCCCCC(=O)O. The van der Waals surface area contributed by atoms with Crippen LogP contribution in [0.3, 0.4) is 0 Å². The van der Waals surface area contributed by atoms with Gasteiger partial charge >= 0.3 is 5.97 Å². The number of aliphatic carboxylic acids is 1. The number of carboxylic acids is 1. The normalized spacial score (nSPS) is 13.8. The molecular weight excluding hydrogens is 290 g/mol. The van der Waals surface area contributed by atoms with Crippen LogP contribution in [-0.2, 0) is 14.4 Å². The van der Waals surface area contributed by atoms with Crippen LogP contribution in [0.1, 0.15) is 59.8 Å². The largest absolute Gasteiger partial charge is 0.481 e. The van der Waals surface area contributed by atoms with Crippen molar-refractivity contribution in [3.8, 4) is 0 Å². The van der Waals surface area contributed by atoms with Crippen LogP contribution in [0.4, 0.5) is 0 Å². The highest BCUT2D eigenvalue weighted by atomic mass is 32.2. The van der Waals surface area contributed by atoms with Gasteiger partial charge in [-0.1, -0.05) is 32.0 Å². The number of carboxylic acid groups (broad SMARTS) is 1. The molecule has 5 nitrogen and oxygen atoms in total. The van der Waals surface area contributed by atoms with Crippen molar-refractivity contribution >= 4 is 28.8 Å². The zero-order valence-corrected chi connectivity index (χ0v) is 14.2. The molecule has 0 aliphatic heterocycles. The third kappa shape index (κ3) is 9.50. The van der Waals surface area contributed by atoms with E-state index in [1.54, 1.807) is 6.92 Å². The molecule has 2 N–H and O–H groups in total. The summed E-state index contributed by atoms with van der Waals surface area (Å²) in [4.78, 5) is 34.0. The van der Waals surface area contributed by atoms with Crippen LogP contribution in [-0.4, -0.2) is 33.4 Å². The van der Waals surface area contributed by atoms with Gasteiger partial charge in [-0.25, -0.2) is 0 Å². The molecule has 1 unspecified atom stereocenters. The first-order valence-electron chi connectivity index (χ1n) is 7.37. The van der Waals surface area contributed by atoms with Gasteiger partial charge in [0.05, 0.1) is 4.75 Å². The van der Waals surface area contributed by atoms with Crippen molar-refractivity contribution in [1.82, 2.24) is 5.32 Å². The monoisotopic (exact) mass is 317 g/mol. The van der Waals surface area contributed by atoms with Crippen molar-refractivity contribution in [1.29, 1.82) is 0 Å². The lowest BCUT2D eigenvalue weighted by Gasteiger charge is -2.28. The second-order valence-corrected chi connectivity index (χ2v) is 7.56. The Bertz CT molecular complexity index is 371. The van der Waals surface area contributed by atoms with Gasteiger partial charge in [0.1, 0.15) is 0 Å². The Kier molecular flexibility index (Phi) is 9.33. The molecule has 6 heteroatoms. The standard InChI is InChI=1S/C15H27NO4S/c1-11(2)10-15(4,21-12(3)17)14(20)16-9-7-5-6-8-13(18)19/h11H,5-10H2,1-4H3,(H,16,20)(H,18,19). The predicted octanol–water partition coefficient (Wildman–Crippen LogP) is 2.83.